The highest BCUT2D eigenvalue weighted by molar-refractivity contribution is 8.02. The van der Waals surface area contributed by atoms with Gasteiger partial charge in [-0.1, -0.05) is 63.6 Å². The molecule has 0 radical (unpaired) electrons. The van der Waals surface area contributed by atoms with Crippen LogP contribution < -0.4 is 0 Å². The molecule has 3 unspecified atom stereocenters. The van der Waals surface area contributed by atoms with Gasteiger partial charge in [0, 0.05) is 18.3 Å². The van der Waals surface area contributed by atoms with Gasteiger partial charge in [0.15, 0.2) is 0 Å². The number of fused-ring (bicyclic) bond motifs is 1. The van der Waals surface area contributed by atoms with Crippen molar-refractivity contribution in [1.29, 1.82) is 0 Å². The van der Waals surface area contributed by atoms with Crippen molar-refractivity contribution < 1.29 is 24.6 Å². The number of benzene rings is 1. The maximum Gasteiger partial charge on any atom is 0.308 e. The molecule has 7 nitrogen and oxygen atoms in total. The van der Waals surface area contributed by atoms with E-state index < -0.39 is 34.6 Å². The molecule has 190 valence electrons. The number of carboxylic acids is 1. The minimum atomic E-state index is -0.973. The summed E-state index contributed by atoms with van der Waals surface area (Å²) in [4.78, 5) is 44.1. The normalized spacial score (nSPS) is 32.9. The Hall–Kier alpha value is -2.32. The van der Waals surface area contributed by atoms with E-state index in [9.17, 15) is 24.6 Å². The fourth-order valence-corrected chi connectivity index (χ4v) is 8.95. The van der Waals surface area contributed by atoms with Gasteiger partial charge in [0.1, 0.15) is 6.04 Å². The van der Waals surface area contributed by atoms with Crippen LogP contribution >= 0.6 is 11.8 Å². The number of aliphatic hydroxyl groups is 1. The average molecular weight is 501 g/mol. The van der Waals surface area contributed by atoms with Crippen molar-refractivity contribution in [1.82, 2.24) is 9.80 Å². The second-order valence-corrected chi connectivity index (χ2v) is 11.8. The van der Waals surface area contributed by atoms with E-state index in [-0.39, 0.29) is 35.5 Å². The second-order valence-electron chi connectivity index (χ2n) is 10.3. The molecular formula is C27H36N2O5S. The molecule has 2 N–H and O–H groups in total. The van der Waals surface area contributed by atoms with Crippen LogP contribution in [-0.4, -0.2) is 73.0 Å². The first-order valence-electron chi connectivity index (χ1n) is 12.5. The summed E-state index contributed by atoms with van der Waals surface area (Å²) >= 11 is 1.53. The summed E-state index contributed by atoms with van der Waals surface area (Å²) in [7, 11) is 0. The van der Waals surface area contributed by atoms with E-state index in [4.69, 9.17) is 0 Å². The number of aliphatic carboxylic acids is 1. The minimum absolute atomic E-state index is 0.000387. The molecule has 0 aliphatic carbocycles. The van der Waals surface area contributed by atoms with Gasteiger partial charge in [-0.15, -0.1) is 18.3 Å². The van der Waals surface area contributed by atoms with Gasteiger partial charge in [0.05, 0.1) is 29.2 Å². The number of likely N-dealkylation sites (tertiary alicyclic amines) is 1. The molecule has 0 saturated carbocycles. The molecule has 1 spiro atoms. The lowest BCUT2D eigenvalue weighted by Gasteiger charge is -2.43. The fourth-order valence-electron chi connectivity index (χ4n) is 6.56. The summed E-state index contributed by atoms with van der Waals surface area (Å²) in [6.07, 6.45) is 3.07. The summed E-state index contributed by atoms with van der Waals surface area (Å²) < 4.78 is -0.821. The highest BCUT2D eigenvalue weighted by atomic mass is 32.2. The van der Waals surface area contributed by atoms with Gasteiger partial charge in [0.2, 0.25) is 11.8 Å². The smallest absolute Gasteiger partial charge is 0.308 e. The molecule has 3 heterocycles. The highest BCUT2D eigenvalue weighted by Gasteiger charge is 2.77. The number of aliphatic hydroxyl groups excluding tert-OH is 1. The third kappa shape index (κ3) is 3.99. The quantitative estimate of drug-likeness (QED) is 0.479. The summed E-state index contributed by atoms with van der Waals surface area (Å²) in [5.41, 5.74) is 0.966. The molecule has 1 aromatic carbocycles. The van der Waals surface area contributed by atoms with Crippen LogP contribution in [0.25, 0.3) is 0 Å². The summed E-state index contributed by atoms with van der Waals surface area (Å²) in [5, 5.41) is 20.3. The zero-order valence-electron chi connectivity index (χ0n) is 20.7. The first kappa shape index (κ1) is 25.8. The van der Waals surface area contributed by atoms with Crippen molar-refractivity contribution in [3.8, 4) is 0 Å². The Balaban J connectivity index is 1.82. The van der Waals surface area contributed by atoms with Crippen LogP contribution in [0.5, 0.6) is 0 Å². The zero-order valence-corrected chi connectivity index (χ0v) is 21.5. The van der Waals surface area contributed by atoms with Crippen LogP contribution in [-0.2, 0) is 20.9 Å². The topological polar surface area (TPSA) is 98.2 Å². The van der Waals surface area contributed by atoms with Gasteiger partial charge < -0.3 is 20.0 Å². The van der Waals surface area contributed by atoms with Crippen LogP contribution in [0.4, 0.5) is 0 Å². The number of hydrogen-bond donors (Lipinski definition) is 2. The Morgan fingerprint density at radius 3 is 2.60 bits per heavy atom. The number of hydrogen-bond acceptors (Lipinski definition) is 5. The molecule has 35 heavy (non-hydrogen) atoms. The van der Waals surface area contributed by atoms with Gasteiger partial charge in [0.25, 0.3) is 0 Å². The molecule has 2 bridgehead atoms. The fraction of sp³-hybridized carbons (Fsp3) is 0.593. The Kier molecular flexibility index (Phi) is 7.34. The van der Waals surface area contributed by atoms with Crippen molar-refractivity contribution in [3.63, 3.8) is 0 Å². The Morgan fingerprint density at radius 1 is 1.34 bits per heavy atom. The van der Waals surface area contributed by atoms with Crippen molar-refractivity contribution in [2.45, 2.75) is 62.2 Å². The van der Waals surface area contributed by atoms with Crippen molar-refractivity contribution in [2.75, 3.05) is 13.2 Å². The first-order valence-corrected chi connectivity index (χ1v) is 13.4. The Bertz CT molecular complexity index is 987. The van der Waals surface area contributed by atoms with E-state index in [1.807, 2.05) is 51.1 Å². The molecule has 8 heteroatoms. The van der Waals surface area contributed by atoms with Crippen LogP contribution in [0.1, 0.15) is 39.2 Å². The Labute approximate surface area is 211 Å². The van der Waals surface area contributed by atoms with Crippen molar-refractivity contribution in [2.24, 2.45) is 23.7 Å². The van der Waals surface area contributed by atoms with E-state index in [2.05, 4.69) is 6.58 Å². The number of thioether (sulfide) groups is 1. The monoisotopic (exact) mass is 500 g/mol. The van der Waals surface area contributed by atoms with Crippen LogP contribution in [0.2, 0.25) is 0 Å². The van der Waals surface area contributed by atoms with Crippen molar-refractivity contribution in [3.05, 3.63) is 48.6 Å². The predicted molar refractivity (Wildman–Crippen MR) is 136 cm³/mol. The summed E-state index contributed by atoms with van der Waals surface area (Å²) in [6.45, 7) is 10.3. The van der Waals surface area contributed by atoms with Crippen LogP contribution in [0, 0.1) is 23.7 Å². The maximum absolute atomic E-state index is 14.4. The second kappa shape index (κ2) is 9.97. The number of nitrogens with zero attached hydrogens (tertiary/aromatic N) is 2. The Morgan fingerprint density at radius 2 is 2.03 bits per heavy atom. The molecule has 8 atom stereocenters. The molecule has 3 fully saturated rings. The van der Waals surface area contributed by atoms with Gasteiger partial charge in [-0.3, -0.25) is 14.4 Å². The largest absolute Gasteiger partial charge is 0.481 e. The van der Waals surface area contributed by atoms with Crippen LogP contribution in [0.3, 0.4) is 0 Å². The molecule has 4 rings (SSSR count). The van der Waals surface area contributed by atoms with E-state index in [0.29, 0.717) is 19.5 Å². The number of carbonyl (C=O) groups is 3. The molecule has 3 aliphatic heterocycles. The van der Waals surface area contributed by atoms with E-state index in [0.717, 1.165) is 12.0 Å². The van der Waals surface area contributed by atoms with E-state index in [1.165, 1.54) is 11.8 Å². The number of rotatable bonds is 10. The standard InChI is InChI=1S/C27H36N2O5S/c1-5-12-28(14-18-10-8-7-9-11-18)25(32)23-27-17(4)13-20(35-27)21(26(33)34)22(27)24(31)29(23)19(15-30)16(3)6-2/h5,7-11,16-17,19-23,30H,1,6,12-15H2,2-4H3,(H,33,34)/t16-,17?,19-,20+,21-,22-,23?,27?/m0/s1. The van der Waals surface area contributed by atoms with Gasteiger partial charge in [-0.05, 0) is 23.8 Å². The minimum Gasteiger partial charge on any atom is -0.481 e. The number of carbonyl (C=O) groups excluding carboxylic acids is 2. The summed E-state index contributed by atoms with van der Waals surface area (Å²) in [6, 6.07) is 8.29. The van der Waals surface area contributed by atoms with Gasteiger partial charge >= 0.3 is 5.97 Å². The zero-order chi connectivity index (χ0) is 25.5. The SMILES string of the molecule is C=CCN(Cc1ccccc1)C(=O)C1N([C@@H](CO)[C@@H](C)CC)C(=O)[C@@H]2[C@@H](C(=O)O)[C@H]3CC(C)C12S3. The van der Waals surface area contributed by atoms with E-state index in [1.54, 1.807) is 15.9 Å². The molecule has 0 aromatic heterocycles. The average Bonchev–Trinajstić information content (AvgIpc) is 3.43. The predicted octanol–water partition coefficient (Wildman–Crippen LogP) is 3.03. The molecule has 3 saturated heterocycles. The third-order valence-electron chi connectivity index (χ3n) is 8.43. The molecule has 2 amide bonds. The highest BCUT2D eigenvalue weighted by Crippen LogP contribution is 2.69. The van der Waals surface area contributed by atoms with Crippen LogP contribution in [0.15, 0.2) is 43.0 Å². The summed E-state index contributed by atoms with van der Waals surface area (Å²) in [5.74, 6) is -3.10. The van der Waals surface area contributed by atoms with E-state index >= 15 is 0 Å². The molecule has 3 aliphatic rings. The first-order chi connectivity index (χ1) is 16.7. The lowest BCUT2D eigenvalue weighted by Crippen LogP contribution is -2.60. The lowest BCUT2D eigenvalue weighted by atomic mass is 9.66. The molecular weight excluding hydrogens is 464 g/mol. The maximum atomic E-state index is 14.4. The number of amides is 2. The molecule has 1 aromatic rings. The van der Waals surface area contributed by atoms with Gasteiger partial charge in [-0.25, -0.2) is 0 Å². The number of carboxylic acid groups (broad SMARTS) is 1. The third-order valence-corrected chi connectivity index (χ3v) is 10.5. The van der Waals surface area contributed by atoms with Gasteiger partial charge in [-0.2, -0.15) is 0 Å². The van der Waals surface area contributed by atoms with Crippen molar-refractivity contribution >= 4 is 29.5 Å². The lowest BCUT2D eigenvalue weighted by molar-refractivity contribution is -0.150.